The highest BCUT2D eigenvalue weighted by molar-refractivity contribution is 5.78. The molecule has 1 fully saturated rings. The summed E-state index contributed by atoms with van der Waals surface area (Å²) in [5, 5.41) is 14.4. The Hall–Kier alpha value is -1.79. The van der Waals surface area contributed by atoms with Gasteiger partial charge in [0, 0.05) is 18.5 Å². The van der Waals surface area contributed by atoms with E-state index >= 15 is 0 Å². The zero-order valence-corrected chi connectivity index (χ0v) is 12.6. The molecule has 120 valence electrons. The molecule has 1 aliphatic rings. The number of nitrogens with one attached hydrogen (secondary N) is 2. The van der Waals surface area contributed by atoms with Gasteiger partial charge in [-0.15, -0.1) is 0 Å². The monoisotopic (exact) mass is 299 g/mol. The van der Waals surface area contributed by atoms with Gasteiger partial charge >= 0.3 is 12.0 Å². The van der Waals surface area contributed by atoms with Crippen molar-refractivity contribution in [3.8, 4) is 0 Å². The van der Waals surface area contributed by atoms with Crippen LogP contribution in [0.2, 0.25) is 0 Å². The number of rotatable bonds is 6. The summed E-state index contributed by atoms with van der Waals surface area (Å²) >= 11 is 0. The third-order valence-electron chi connectivity index (χ3n) is 3.82. The van der Waals surface area contributed by atoms with Crippen molar-refractivity contribution in [1.29, 1.82) is 0 Å². The molecule has 0 aromatic carbocycles. The molecule has 21 heavy (non-hydrogen) atoms. The zero-order chi connectivity index (χ0) is 16.0. The van der Waals surface area contributed by atoms with E-state index in [2.05, 4.69) is 10.6 Å². The second kappa shape index (κ2) is 7.28. The smallest absolute Gasteiger partial charge is 0.315 e. The van der Waals surface area contributed by atoms with Crippen LogP contribution in [-0.4, -0.2) is 35.1 Å². The number of hydrogen-bond donors (Lipinski definition) is 4. The van der Waals surface area contributed by atoms with E-state index in [4.69, 9.17) is 10.8 Å². The van der Waals surface area contributed by atoms with Crippen LogP contribution in [0.15, 0.2) is 0 Å². The second-order valence-electron chi connectivity index (χ2n) is 6.42. The average molecular weight is 299 g/mol. The molecule has 1 rings (SSSR count). The minimum atomic E-state index is -0.729. The summed E-state index contributed by atoms with van der Waals surface area (Å²) in [5.74, 6) is -1.13. The van der Waals surface area contributed by atoms with Gasteiger partial charge < -0.3 is 21.5 Å². The number of carboxylic acids is 1. The fraction of sp³-hybridized carbons (Fsp3) is 0.786. The summed E-state index contributed by atoms with van der Waals surface area (Å²) in [6.07, 6.45) is 3.01. The lowest BCUT2D eigenvalue weighted by Crippen LogP contribution is -2.51. The van der Waals surface area contributed by atoms with Crippen LogP contribution in [0.5, 0.6) is 0 Å². The molecule has 0 aromatic heterocycles. The second-order valence-corrected chi connectivity index (χ2v) is 6.42. The molecule has 0 aliphatic heterocycles. The van der Waals surface area contributed by atoms with Crippen molar-refractivity contribution >= 4 is 17.9 Å². The van der Waals surface area contributed by atoms with Gasteiger partial charge in [-0.2, -0.15) is 0 Å². The molecule has 0 atom stereocenters. The van der Waals surface area contributed by atoms with Gasteiger partial charge in [-0.05, 0) is 45.4 Å². The molecule has 1 aliphatic carbocycles. The van der Waals surface area contributed by atoms with Crippen LogP contribution in [0.1, 0.15) is 46.0 Å². The lowest BCUT2D eigenvalue weighted by atomic mass is 9.82. The molecule has 1 saturated carbocycles. The topological polar surface area (TPSA) is 122 Å². The number of carbonyl (C=O) groups excluding carboxylic acids is 2. The van der Waals surface area contributed by atoms with Gasteiger partial charge in [0.1, 0.15) is 0 Å². The summed E-state index contributed by atoms with van der Waals surface area (Å²) in [6.45, 7) is 3.98. The van der Waals surface area contributed by atoms with Gasteiger partial charge in [0.15, 0.2) is 0 Å². The number of hydrogen-bond acceptors (Lipinski definition) is 3. The van der Waals surface area contributed by atoms with Crippen molar-refractivity contribution in [2.75, 3.05) is 6.54 Å². The maximum atomic E-state index is 11.8. The van der Waals surface area contributed by atoms with E-state index in [-0.39, 0.29) is 18.4 Å². The standard InChI is InChI=1S/C14H25N3O4/c1-14(2,7-11(15)18)17-13(21)16-8-9-3-5-10(6-4-9)12(19)20/h9-10H,3-8H2,1-2H3,(H2,15,18)(H,19,20)(H2,16,17,21). The molecule has 0 radical (unpaired) electrons. The van der Waals surface area contributed by atoms with Crippen LogP contribution in [0.3, 0.4) is 0 Å². The van der Waals surface area contributed by atoms with Crippen molar-refractivity contribution in [2.45, 2.75) is 51.5 Å². The number of carbonyl (C=O) groups is 3. The van der Waals surface area contributed by atoms with Crippen LogP contribution >= 0.6 is 0 Å². The van der Waals surface area contributed by atoms with Gasteiger partial charge in [-0.25, -0.2) is 4.79 Å². The van der Waals surface area contributed by atoms with E-state index in [1.54, 1.807) is 13.8 Å². The molecule has 0 aromatic rings. The molecule has 0 heterocycles. The third kappa shape index (κ3) is 6.46. The number of nitrogens with two attached hydrogens (primary N) is 1. The zero-order valence-electron chi connectivity index (χ0n) is 12.6. The van der Waals surface area contributed by atoms with E-state index < -0.39 is 17.4 Å². The summed E-state index contributed by atoms with van der Waals surface area (Å²) < 4.78 is 0. The number of aliphatic carboxylic acids is 1. The third-order valence-corrected chi connectivity index (χ3v) is 3.82. The summed E-state index contributed by atoms with van der Waals surface area (Å²) in [5.41, 5.74) is 4.44. The molecule has 5 N–H and O–H groups in total. The minimum absolute atomic E-state index is 0.0736. The van der Waals surface area contributed by atoms with Crippen LogP contribution in [0, 0.1) is 11.8 Å². The highest BCUT2D eigenvalue weighted by Crippen LogP contribution is 2.28. The fourth-order valence-corrected chi connectivity index (χ4v) is 2.68. The van der Waals surface area contributed by atoms with Crippen LogP contribution in [0.4, 0.5) is 4.79 Å². The van der Waals surface area contributed by atoms with E-state index in [1.807, 2.05) is 0 Å². The Morgan fingerprint density at radius 1 is 1.19 bits per heavy atom. The predicted octanol–water partition coefficient (Wildman–Crippen LogP) is 0.831. The van der Waals surface area contributed by atoms with E-state index in [0.717, 1.165) is 12.8 Å². The van der Waals surface area contributed by atoms with Crippen LogP contribution < -0.4 is 16.4 Å². The summed E-state index contributed by atoms with van der Waals surface area (Å²) in [7, 11) is 0. The molecule has 7 nitrogen and oxygen atoms in total. The Labute approximate surface area is 124 Å². The Morgan fingerprint density at radius 2 is 1.76 bits per heavy atom. The lowest BCUT2D eigenvalue weighted by molar-refractivity contribution is -0.143. The van der Waals surface area contributed by atoms with Gasteiger partial charge in [0.25, 0.3) is 0 Å². The van der Waals surface area contributed by atoms with Crippen LogP contribution in [0.25, 0.3) is 0 Å². The van der Waals surface area contributed by atoms with Crippen molar-refractivity contribution in [3.05, 3.63) is 0 Å². The summed E-state index contributed by atoms with van der Waals surface area (Å²) in [4.78, 5) is 33.5. The number of carboxylic acid groups (broad SMARTS) is 1. The number of urea groups is 1. The normalized spacial score (nSPS) is 22.4. The van der Waals surface area contributed by atoms with Crippen molar-refractivity contribution < 1.29 is 19.5 Å². The van der Waals surface area contributed by atoms with Crippen molar-refractivity contribution in [1.82, 2.24) is 10.6 Å². The first-order valence-corrected chi connectivity index (χ1v) is 7.27. The molecule has 0 unspecified atom stereocenters. The maximum absolute atomic E-state index is 11.8. The Balaban J connectivity index is 2.28. The highest BCUT2D eigenvalue weighted by Gasteiger charge is 2.27. The number of amides is 3. The van der Waals surface area contributed by atoms with Gasteiger partial charge in [-0.3, -0.25) is 9.59 Å². The van der Waals surface area contributed by atoms with Crippen LogP contribution in [-0.2, 0) is 9.59 Å². The molecular formula is C14H25N3O4. The van der Waals surface area contributed by atoms with E-state index in [0.29, 0.717) is 25.3 Å². The molecule has 3 amide bonds. The SMILES string of the molecule is CC(C)(CC(N)=O)NC(=O)NCC1CCC(C(=O)O)CC1. The minimum Gasteiger partial charge on any atom is -0.481 e. The highest BCUT2D eigenvalue weighted by atomic mass is 16.4. The first kappa shape index (κ1) is 17.3. The largest absolute Gasteiger partial charge is 0.481 e. The Kier molecular flexibility index (Phi) is 5.99. The van der Waals surface area contributed by atoms with Gasteiger partial charge in [-0.1, -0.05) is 0 Å². The molecular weight excluding hydrogens is 274 g/mol. The number of primary amides is 1. The maximum Gasteiger partial charge on any atom is 0.315 e. The van der Waals surface area contributed by atoms with E-state index in [1.165, 1.54) is 0 Å². The van der Waals surface area contributed by atoms with Gasteiger partial charge in [0.2, 0.25) is 5.91 Å². The Bertz CT molecular complexity index is 401. The lowest BCUT2D eigenvalue weighted by Gasteiger charge is -2.28. The average Bonchev–Trinajstić information content (AvgIpc) is 2.34. The first-order chi connectivity index (χ1) is 9.69. The fourth-order valence-electron chi connectivity index (χ4n) is 2.68. The molecule has 0 saturated heterocycles. The predicted molar refractivity (Wildman–Crippen MR) is 77.5 cm³/mol. The van der Waals surface area contributed by atoms with Gasteiger partial charge in [0.05, 0.1) is 5.92 Å². The molecule has 7 heteroatoms. The Morgan fingerprint density at radius 3 is 2.24 bits per heavy atom. The molecule has 0 spiro atoms. The quantitative estimate of drug-likeness (QED) is 0.580. The van der Waals surface area contributed by atoms with Crippen molar-refractivity contribution in [3.63, 3.8) is 0 Å². The van der Waals surface area contributed by atoms with E-state index in [9.17, 15) is 14.4 Å². The first-order valence-electron chi connectivity index (χ1n) is 7.27. The molecule has 0 bridgehead atoms. The summed E-state index contributed by atoms with van der Waals surface area (Å²) in [6, 6.07) is -0.332. The van der Waals surface area contributed by atoms with Crippen molar-refractivity contribution in [2.24, 2.45) is 17.6 Å².